The number of fused-ring (bicyclic) bond motifs is 1. The van der Waals surface area contributed by atoms with Gasteiger partial charge in [-0.3, -0.25) is 9.52 Å². The van der Waals surface area contributed by atoms with Crippen LogP contribution in [0.2, 0.25) is 0 Å². The second kappa shape index (κ2) is 7.95. The van der Waals surface area contributed by atoms with Crippen LogP contribution in [-0.4, -0.2) is 25.8 Å². The third-order valence-electron chi connectivity index (χ3n) is 5.57. The fourth-order valence-corrected chi connectivity index (χ4v) is 4.79. The van der Waals surface area contributed by atoms with Crippen molar-refractivity contribution < 1.29 is 13.2 Å². The topological polar surface area (TPSA) is 66.5 Å². The lowest BCUT2D eigenvalue weighted by Crippen LogP contribution is -2.36. The summed E-state index contributed by atoms with van der Waals surface area (Å²) in [6.45, 7) is 4.95. The molecule has 1 heterocycles. The predicted molar refractivity (Wildman–Crippen MR) is 118 cm³/mol. The maximum atomic E-state index is 12.8. The molecule has 0 saturated carbocycles. The van der Waals surface area contributed by atoms with Crippen LogP contribution in [-0.2, 0) is 23.0 Å². The monoisotopic (exact) mass is 420 g/mol. The molecule has 6 heteroatoms. The average Bonchev–Trinajstić information content (AvgIpc) is 2.75. The maximum absolute atomic E-state index is 12.8. The number of hydrogen-bond acceptors (Lipinski definition) is 3. The van der Waals surface area contributed by atoms with Gasteiger partial charge in [0.05, 0.1) is 4.90 Å². The predicted octanol–water partition coefficient (Wildman–Crippen LogP) is 4.30. The maximum Gasteiger partial charge on any atom is 0.261 e. The molecule has 0 radical (unpaired) electrons. The molecule has 1 aliphatic heterocycles. The molecular weight excluding hydrogens is 396 g/mol. The van der Waals surface area contributed by atoms with Crippen LogP contribution in [0, 0.1) is 13.8 Å². The summed E-state index contributed by atoms with van der Waals surface area (Å²) in [7, 11) is -3.68. The molecule has 0 aliphatic carbocycles. The van der Waals surface area contributed by atoms with Gasteiger partial charge in [0, 0.05) is 24.3 Å². The highest BCUT2D eigenvalue weighted by molar-refractivity contribution is 7.92. The van der Waals surface area contributed by atoms with Gasteiger partial charge in [-0.2, -0.15) is 0 Å². The van der Waals surface area contributed by atoms with Gasteiger partial charge in [0.2, 0.25) is 0 Å². The van der Waals surface area contributed by atoms with Crippen LogP contribution in [0.5, 0.6) is 0 Å². The van der Waals surface area contributed by atoms with Crippen LogP contribution >= 0.6 is 0 Å². The van der Waals surface area contributed by atoms with E-state index in [9.17, 15) is 13.2 Å². The Balaban J connectivity index is 1.55. The zero-order valence-corrected chi connectivity index (χ0v) is 17.9. The van der Waals surface area contributed by atoms with E-state index in [1.807, 2.05) is 62.4 Å². The summed E-state index contributed by atoms with van der Waals surface area (Å²) in [5, 5.41) is 0. The Morgan fingerprint density at radius 2 is 1.67 bits per heavy atom. The van der Waals surface area contributed by atoms with E-state index in [1.165, 1.54) is 0 Å². The minimum atomic E-state index is -3.68. The van der Waals surface area contributed by atoms with Gasteiger partial charge in [0.15, 0.2) is 0 Å². The van der Waals surface area contributed by atoms with Crippen molar-refractivity contribution in [1.82, 2.24) is 4.90 Å². The number of nitrogens with zero attached hydrogens (tertiary/aromatic N) is 1. The van der Waals surface area contributed by atoms with Gasteiger partial charge < -0.3 is 4.90 Å². The smallest absolute Gasteiger partial charge is 0.261 e. The van der Waals surface area contributed by atoms with E-state index in [4.69, 9.17) is 0 Å². The minimum Gasteiger partial charge on any atom is -0.334 e. The highest BCUT2D eigenvalue weighted by atomic mass is 32.2. The lowest BCUT2D eigenvalue weighted by Gasteiger charge is -2.29. The highest BCUT2D eigenvalue weighted by Gasteiger charge is 2.23. The van der Waals surface area contributed by atoms with E-state index in [1.54, 1.807) is 23.1 Å². The van der Waals surface area contributed by atoms with Gasteiger partial charge in [-0.1, -0.05) is 30.3 Å². The number of aryl methyl sites for hydroxylation is 2. The number of hydrogen-bond donors (Lipinski definition) is 1. The van der Waals surface area contributed by atoms with Crippen molar-refractivity contribution in [1.29, 1.82) is 0 Å². The SMILES string of the molecule is Cc1ccc(S(=O)(=O)Nc2ccc3c(c2)CN(C(=O)c2ccccc2)CC3)cc1C. The van der Waals surface area contributed by atoms with Gasteiger partial charge in [0.1, 0.15) is 0 Å². The molecule has 0 atom stereocenters. The summed E-state index contributed by atoms with van der Waals surface area (Å²) < 4.78 is 28.3. The van der Waals surface area contributed by atoms with Crippen LogP contribution in [0.3, 0.4) is 0 Å². The molecule has 0 aromatic heterocycles. The van der Waals surface area contributed by atoms with E-state index >= 15 is 0 Å². The summed E-state index contributed by atoms with van der Waals surface area (Å²) in [4.78, 5) is 14.8. The van der Waals surface area contributed by atoms with Gasteiger partial charge in [-0.15, -0.1) is 0 Å². The van der Waals surface area contributed by atoms with Gasteiger partial charge in [-0.25, -0.2) is 8.42 Å². The molecule has 0 fully saturated rings. The molecule has 3 aromatic carbocycles. The summed E-state index contributed by atoms with van der Waals surface area (Å²) in [6.07, 6.45) is 0.748. The lowest BCUT2D eigenvalue weighted by atomic mass is 9.98. The Kier molecular flexibility index (Phi) is 5.35. The van der Waals surface area contributed by atoms with Crippen molar-refractivity contribution >= 4 is 21.6 Å². The largest absolute Gasteiger partial charge is 0.334 e. The Bertz CT molecular complexity index is 1200. The Hall–Kier alpha value is -3.12. The van der Waals surface area contributed by atoms with Crippen LogP contribution in [0.4, 0.5) is 5.69 Å². The molecule has 0 spiro atoms. The van der Waals surface area contributed by atoms with Crippen molar-refractivity contribution in [2.75, 3.05) is 11.3 Å². The van der Waals surface area contributed by atoms with E-state index in [-0.39, 0.29) is 10.8 Å². The summed E-state index contributed by atoms with van der Waals surface area (Å²) in [6, 6.07) is 19.9. The third kappa shape index (κ3) is 4.09. The van der Waals surface area contributed by atoms with Crippen molar-refractivity contribution in [2.24, 2.45) is 0 Å². The van der Waals surface area contributed by atoms with Gasteiger partial charge in [0.25, 0.3) is 15.9 Å². The second-order valence-corrected chi connectivity index (χ2v) is 9.36. The quantitative estimate of drug-likeness (QED) is 0.684. The third-order valence-corrected chi connectivity index (χ3v) is 6.95. The number of benzene rings is 3. The summed E-state index contributed by atoms with van der Waals surface area (Å²) in [5.74, 6) is -0.0117. The summed E-state index contributed by atoms with van der Waals surface area (Å²) in [5.41, 5.74) is 5.24. The van der Waals surface area contributed by atoms with Gasteiger partial charge in [-0.05, 0) is 78.9 Å². The van der Waals surface area contributed by atoms with Crippen molar-refractivity contribution in [3.63, 3.8) is 0 Å². The first-order valence-corrected chi connectivity index (χ1v) is 11.4. The number of amides is 1. The minimum absolute atomic E-state index is 0.0117. The van der Waals surface area contributed by atoms with Crippen LogP contribution in [0.25, 0.3) is 0 Å². The standard InChI is InChI=1S/C24H24N2O3S/c1-17-8-11-23(14-18(17)2)30(28,29)25-22-10-9-19-12-13-26(16-21(19)15-22)24(27)20-6-4-3-5-7-20/h3-11,14-15,25H,12-13,16H2,1-2H3. The van der Waals surface area contributed by atoms with Gasteiger partial charge >= 0.3 is 0 Å². The molecular formula is C24H24N2O3S. The Labute approximate surface area is 177 Å². The molecule has 1 amide bonds. The normalized spacial score (nSPS) is 13.6. The zero-order chi connectivity index (χ0) is 21.3. The summed E-state index contributed by atoms with van der Waals surface area (Å²) >= 11 is 0. The average molecular weight is 421 g/mol. The number of rotatable bonds is 4. The first kappa shape index (κ1) is 20.2. The molecule has 3 aromatic rings. The fraction of sp³-hybridized carbons (Fsp3) is 0.208. The van der Waals surface area contributed by atoms with Crippen LogP contribution in [0.15, 0.2) is 71.6 Å². The first-order valence-electron chi connectivity index (χ1n) is 9.90. The van der Waals surface area contributed by atoms with Crippen molar-refractivity contribution in [3.8, 4) is 0 Å². The van der Waals surface area contributed by atoms with Crippen LogP contribution < -0.4 is 4.72 Å². The molecule has 0 bridgehead atoms. The van der Waals surface area contributed by atoms with Crippen molar-refractivity contribution in [2.45, 2.75) is 31.7 Å². The number of carbonyl (C=O) groups excluding carboxylic acids is 1. The highest BCUT2D eigenvalue weighted by Crippen LogP contribution is 2.26. The van der Waals surface area contributed by atoms with Crippen LogP contribution in [0.1, 0.15) is 32.6 Å². The zero-order valence-electron chi connectivity index (χ0n) is 17.1. The molecule has 5 nitrogen and oxygen atoms in total. The Morgan fingerprint density at radius 1 is 0.900 bits per heavy atom. The number of anilines is 1. The first-order chi connectivity index (χ1) is 14.3. The number of nitrogens with one attached hydrogen (secondary N) is 1. The fourth-order valence-electron chi connectivity index (χ4n) is 3.65. The van der Waals surface area contributed by atoms with E-state index in [0.717, 1.165) is 28.7 Å². The lowest BCUT2D eigenvalue weighted by molar-refractivity contribution is 0.0734. The second-order valence-electron chi connectivity index (χ2n) is 7.68. The molecule has 0 saturated heterocycles. The number of sulfonamides is 1. The van der Waals surface area contributed by atoms with E-state index in [2.05, 4.69) is 4.72 Å². The Morgan fingerprint density at radius 3 is 2.40 bits per heavy atom. The van der Waals surface area contributed by atoms with E-state index < -0.39 is 10.0 Å². The molecule has 0 unspecified atom stereocenters. The number of carbonyl (C=O) groups is 1. The van der Waals surface area contributed by atoms with Crippen molar-refractivity contribution in [3.05, 3.63) is 94.5 Å². The van der Waals surface area contributed by atoms with E-state index in [0.29, 0.717) is 24.3 Å². The molecule has 30 heavy (non-hydrogen) atoms. The molecule has 1 aliphatic rings. The molecule has 4 rings (SSSR count). The molecule has 1 N–H and O–H groups in total. The molecule has 154 valence electrons.